The Hall–Kier alpha value is -2.45. The van der Waals surface area contributed by atoms with E-state index in [-0.39, 0.29) is 12.6 Å². The van der Waals surface area contributed by atoms with Crippen LogP contribution in [0.2, 0.25) is 0 Å². The summed E-state index contributed by atoms with van der Waals surface area (Å²) in [6.45, 7) is -0.0327. The van der Waals surface area contributed by atoms with Crippen LogP contribution in [-0.4, -0.2) is 27.7 Å². The van der Waals surface area contributed by atoms with Gasteiger partial charge in [-0.1, -0.05) is 30.3 Å². The Morgan fingerprint density at radius 2 is 2.05 bits per heavy atom. The van der Waals surface area contributed by atoms with Gasteiger partial charge >= 0.3 is 0 Å². The Morgan fingerprint density at radius 3 is 2.74 bits per heavy atom. The zero-order valence-corrected chi connectivity index (χ0v) is 10.3. The van der Waals surface area contributed by atoms with Crippen molar-refractivity contribution >= 4 is 5.95 Å². The molecule has 0 spiro atoms. The quantitative estimate of drug-likeness (QED) is 0.842. The van der Waals surface area contributed by atoms with Gasteiger partial charge in [-0.15, -0.1) is 0 Å². The van der Waals surface area contributed by atoms with E-state index in [1.165, 1.54) is 12.3 Å². The lowest BCUT2D eigenvalue weighted by molar-refractivity contribution is 0.273. The molecule has 0 saturated carbocycles. The summed E-state index contributed by atoms with van der Waals surface area (Å²) in [4.78, 5) is 8.06. The monoisotopic (exact) mass is 254 g/mol. The molecule has 0 aliphatic heterocycles. The topological polar surface area (TPSA) is 81.8 Å². The molecule has 1 atom stereocenters. The van der Waals surface area contributed by atoms with Crippen molar-refractivity contribution in [2.45, 2.75) is 12.5 Å². The Labute approximate surface area is 111 Å². The van der Waals surface area contributed by atoms with Crippen molar-refractivity contribution in [1.29, 1.82) is 5.26 Å². The molecule has 1 heterocycles. The molecule has 0 fully saturated rings. The average molecular weight is 254 g/mol. The van der Waals surface area contributed by atoms with Crippen LogP contribution in [-0.2, 0) is 6.42 Å². The van der Waals surface area contributed by atoms with Gasteiger partial charge in [0.05, 0.1) is 12.6 Å². The summed E-state index contributed by atoms with van der Waals surface area (Å²) >= 11 is 0. The maximum absolute atomic E-state index is 9.39. The number of hydrogen-bond acceptors (Lipinski definition) is 5. The van der Waals surface area contributed by atoms with Crippen LogP contribution < -0.4 is 5.32 Å². The predicted molar refractivity (Wildman–Crippen MR) is 71.4 cm³/mol. The third kappa shape index (κ3) is 3.76. The van der Waals surface area contributed by atoms with Gasteiger partial charge in [0.2, 0.25) is 5.95 Å². The first-order valence-electron chi connectivity index (χ1n) is 5.96. The van der Waals surface area contributed by atoms with Gasteiger partial charge in [0.15, 0.2) is 0 Å². The van der Waals surface area contributed by atoms with Crippen LogP contribution >= 0.6 is 0 Å². The fraction of sp³-hybridized carbons (Fsp3) is 0.214. The highest BCUT2D eigenvalue weighted by molar-refractivity contribution is 5.32. The summed E-state index contributed by atoms with van der Waals surface area (Å²) in [6.07, 6.45) is 2.18. The molecule has 0 bridgehead atoms. The Bertz CT molecular complexity index is 565. The first-order chi connectivity index (χ1) is 9.31. The van der Waals surface area contributed by atoms with Crippen molar-refractivity contribution in [1.82, 2.24) is 9.97 Å². The summed E-state index contributed by atoms with van der Waals surface area (Å²) in [5.41, 5.74) is 1.42. The fourth-order valence-corrected chi connectivity index (χ4v) is 1.73. The van der Waals surface area contributed by atoms with E-state index in [1.54, 1.807) is 0 Å². The number of hydrogen-bond donors (Lipinski definition) is 2. The summed E-state index contributed by atoms with van der Waals surface area (Å²) in [6, 6.07) is 13.2. The van der Waals surface area contributed by atoms with Gasteiger partial charge in [-0.3, -0.25) is 0 Å². The zero-order chi connectivity index (χ0) is 13.5. The SMILES string of the molecule is N#Cc1ccnc(NC(CO)Cc2ccccc2)n1. The van der Waals surface area contributed by atoms with E-state index in [4.69, 9.17) is 5.26 Å². The number of nitriles is 1. The van der Waals surface area contributed by atoms with E-state index in [1.807, 2.05) is 36.4 Å². The molecule has 19 heavy (non-hydrogen) atoms. The summed E-state index contributed by atoms with van der Waals surface area (Å²) in [5.74, 6) is 0.356. The van der Waals surface area contributed by atoms with Crippen molar-refractivity contribution in [3.63, 3.8) is 0 Å². The van der Waals surface area contributed by atoms with Crippen LogP contribution in [0.15, 0.2) is 42.6 Å². The van der Waals surface area contributed by atoms with Gasteiger partial charge in [-0.25, -0.2) is 9.97 Å². The first-order valence-corrected chi connectivity index (χ1v) is 5.96. The second kappa shape index (κ2) is 6.47. The Morgan fingerprint density at radius 1 is 1.26 bits per heavy atom. The first kappa shape index (κ1) is 13.0. The lowest BCUT2D eigenvalue weighted by Gasteiger charge is -2.16. The van der Waals surface area contributed by atoms with Crippen molar-refractivity contribution in [2.75, 3.05) is 11.9 Å². The summed E-state index contributed by atoms with van der Waals surface area (Å²) < 4.78 is 0. The van der Waals surface area contributed by atoms with E-state index in [0.29, 0.717) is 18.1 Å². The molecule has 0 aliphatic carbocycles. The minimum absolute atomic E-state index is 0.0327. The molecule has 2 N–H and O–H groups in total. The molecule has 5 nitrogen and oxygen atoms in total. The van der Waals surface area contributed by atoms with E-state index in [0.717, 1.165) is 5.56 Å². The molecule has 0 aliphatic rings. The predicted octanol–water partition coefficient (Wildman–Crippen LogP) is 1.36. The van der Waals surface area contributed by atoms with E-state index < -0.39 is 0 Å². The highest BCUT2D eigenvalue weighted by atomic mass is 16.3. The normalized spacial score (nSPS) is 11.6. The lowest BCUT2D eigenvalue weighted by atomic mass is 10.1. The van der Waals surface area contributed by atoms with Gasteiger partial charge in [0, 0.05) is 6.20 Å². The molecule has 1 aromatic heterocycles. The number of anilines is 1. The van der Waals surface area contributed by atoms with Crippen molar-refractivity contribution in [3.05, 3.63) is 53.9 Å². The van der Waals surface area contributed by atoms with E-state index >= 15 is 0 Å². The molecule has 0 radical (unpaired) electrons. The number of nitrogens with one attached hydrogen (secondary N) is 1. The second-order valence-corrected chi connectivity index (χ2v) is 4.09. The van der Waals surface area contributed by atoms with Crippen LogP contribution in [0.5, 0.6) is 0 Å². The molecule has 1 aromatic carbocycles. The van der Waals surface area contributed by atoms with Gasteiger partial charge in [0.1, 0.15) is 11.8 Å². The molecule has 1 unspecified atom stereocenters. The van der Waals surface area contributed by atoms with Gasteiger partial charge in [-0.05, 0) is 18.1 Å². The summed E-state index contributed by atoms with van der Waals surface area (Å²) in [5, 5.41) is 21.2. The fourth-order valence-electron chi connectivity index (χ4n) is 1.73. The smallest absolute Gasteiger partial charge is 0.224 e. The number of aliphatic hydroxyl groups is 1. The molecule has 0 saturated heterocycles. The molecular weight excluding hydrogens is 240 g/mol. The minimum Gasteiger partial charge on any atom is -0.394 e. The number of rotatable bonds is 5. The van der Waals surface area contributed by atoms with Gasteiger partial charge in [0.25, 0.3) is 0 Å². The maximum atomic E-state index is 9.39. The van der Waals surface area contributed by atoms with E-state index in [2.05, 4.69) is 15.3 Å². The van der Waals surface area contributed by atoms with Crippen LogP contribution in [0.4, 0.5) is 5.95 Å². The lowest BCUT2D eigenvalue weighted by Crippen LogP contribution is -2.27. The van der Waals surface area contributed by atoms with Crippen LogP contribution in [0.1, 0.15) is 11.3 Å². The average Bonchev–Trinajstić information content (AvgIpc) is 2.48. The number of benzene rings is 1. The number of aromatic nitrogens is 2. The highest BCUT2D eigenvalue weighted by Crippen LogP contribution is 2.07. The Balaban J connectivity index is 2.05. The van der Waals surface area contributed by atoms with Gasteiger partial charge < -0.3 is 10.4 Å². The highest BCUT2D eigenvalue weighted by Gasteiger charge is 2.10. The van der Waals surface area contributed by atoms with Crippen molar-refractivity contribution in [3.8, 4) is 6.07 Å². The minimum atomic E-state index is -0.184. The van der Waals surface area contributed by atoms with Crippen LogP contribution in [0, 0.1) is 11.3 Å². The summed E-state index contributed by atoms with van der Waals surface area (Å²) in [7, 11) is 0. The standard InChI is InChI=1S/C14H14N4O/c15-9-12-6-7-16-14(17-12)18-13(10-19)8-11-4-2-1-3-5-11/h1-7,13,19H,8,10H2,(H,16,17,18). The van der Waals surface area contributed by atoms with Crippen molar-refractivity contribution in [2.24, 2.45) is 0 Å². The zero-order valence-electron chi connectivity index (χ0n) is 10.3. The number of aliphatic hydroxyl groups excluding tert-OH is 1. The Kier molecular flexibility index (Phi) is 4.43. The third-order valence-corrected chi connectivity index (χ3v) is 2.65. The molecule has 2 rings (SSSR count). The second-order valence-electron chi connectivity index (χ2n) is 4.09. The third-order valence-electron chi connectivity index (χ3n) is 2.65. The van der Waals surface area contributed by atoms with Crippen LogP contribution in [0.3, 0.4) is 0 Å². The molecule has 5 heteroatoms. The molecule has 96 valence electrons. The van der Waals surface area contributed by atoms with Crippen LogP contribution in [0.25, 0.3) is 0 Å². The van der Waals surface area contributed by atoms with Gasteiger partial charge in [-0.2, -0.15) is 5.26 Å². The maximum Gasteiger partial charge on any atom is 0.224 e. The molecular formula is C14H14N4O. The molecule has 0 amide bonds. The molecule has 2 aromatic rings. The largest absolute Gasteiger partial charge is 0.394 e. The number of nitrogens with zero attached hydrogens (tertiary/aromatic N) is 3. The van der Waals surface area contributed by atoms with Crippen molar-refractivity contribution < 1.29 is 5.11 Å². The van der Waals surface area contributed by atoms with E-state index in [9.17, 15) is 5.11 Å².